The molecule has 1 atom stereocenters. The number of amides is 1. The molecule has 1 aromatic heterocycles. The van der Waals surface area contributed by atoms with E-state index in [1.165, 1.54) is 0 Å². The van der Waals surface area contributed by atoms with Crippen LogP contribution in [0.4, 0.5) is 0 Å². The number of aromatic nitrogens is 1. The van der Waals surface area contributed by atoms with E-state index in [2.05, 4.69) is 10.5 Å². The maximum Gasteiger partial charge on any atom is 0.226 e. The number of aliphatic hydroxyl groups excluding tert-OH is 1. The Kier molecular flexibility index (Phi) is 4.39. The van der Waals surface area contributed by atoms with Crippen molar-refractivity contribution < 1.29 is 14.4 Å². The van der Waals surface area contributed by atoms with Crippen LogP contribution in [0.25, 0.3) is 11.0 Å². The molecule has 0 saturated carbocycles. The molecule has 2 aromatic rings. The molecule has 0 saturated heterocycles. The fourth-order valence-electron chi connectivity index (χ4n) is 2.08. The minimum Gasteiger partial charge on any atom is -0.394 e. The van der Waals surface area contributed by atoms with Gasteiger partial charge in [-0.05, 0) is 43.5 Å². The van der Waals surface area contributed by atoms with Crippen molar-refractivity contribution in [2.75, 3.05) is 6.61 Å². The molecule has 1 unspecified atom stereocenters. The van der Waals surface area contributed by atoms with Gasteiger partial charge in [0.1, 0.15) is 5.69 Å². The molecule has 5 heteroatoms. The second-order valence-electron chi connectivity index (χ2n) is 5.09. The number of aryl methyl sites for hydroxylation is 2. The van der Waals surface area contributed by atoms with Crippen molar-refractivity contribution in [1.82, 2.24) is 10.5 Å². The Bertz CT molecular complexity index is 615. The van der Waals surface area contributed by atoms with Crippen LogP contribution in [0.15, 0.2) is 16.7 Å². The lowest BCUT2D eigenvalue weighted by Crippen LogP contribution is -2.37. The molecule has 0 bridgehead atoms. The molecular weight excluding hydrogens is 256 g/mol. The lowest BCUT2D eigenvalue weighted by Gasteiger charge is -2.13. The van der Waals surface area contributed by atoms with E-state index in [0.29, 0.717) is 17.7 Å². The maximum absolute atomic E-state index is 11.9. The van der Waals surface area contributed by atoms with Gasteiger partial charge in [-0.2, -0.15) is 0 Å². The van der Waals surface area contributed by atoms with Gasteiger partial charge in [0.2, 0.25) is 5.91 Å². The van der Waals surface area contributed by atoms with Gasteiger partial charge in [-0.1, -0.05) is 12.1 Å². The Hall–Kier alpha value is -1.88. The molecule has 1 amide bonds. The van der Waals surface area contributed by atoms with Gasteiger partial charge in [-0.15, -0.1) is 0 Å². The molecule has 1 aromatic carbocycles. The predicted molar refractivity (Wildman–Crippen MR) is 76.5 cm³/mol. The van der Waals surface area contributed by atoms with Gasteiger partial charge in [0.15, 0.2) is 5.58 Å². The lowest BCUT2D eigenvalue weighted by atomic mass is 10.1. The Morgan fingerprint density at radius 1 is 1.40 bits per heavy atom. The van der Waals surface area contributed by atoms with Crippen LogP contribution < -0.4 is 5.32 Å². The second kappa shape index (κ2) is 6.05. The lowest BCUT2D eigenvalue weighted by molar-refractivity contribution is -0.121. The third-order valence-electron chi connectivity index (χ3n) is 3.57. The van der Waals surface area contributed by atoms with Gasteiger partial charge < -0.3 is 14.9 Å². The number of fused-ring (bicyclic) bond motifs is 1. The summed E-state index contributed by atoms with van der Waals surface area (Å²) in [6.07, 6.45) is 0.853. The smallest absolute Gasteiger partial charge is 0.226 e. The predicted octanol–water partition coefficient (Wildman–Crippen LogP) is 1.87. The van der Waals surface area contributed by atoms with E-state index in [1.54, 1.807) is 0 Å². The maximum atomic E-state index is 11.9. The highest BCUT2D eigenvalue weighted by Crippen LogP contribution is 2.22. The Labute approximate surface area is 118 Å². The van der Waals surface area contributed by atoms with Gasteiger partial charge >= 0.3 is 0 Å². The van der Waals surface area contributed by atoms with Crippen molar-refractivity contribution in [3.8, 4) is 0 Å². The topological polar surface area (TPSA) is 75.4 Å². The fraction of sp³-hybridized carbons (Fsp3) is 0.467. The van der Waals surface area contributed by atoms with Crippen molar-refractivity contribution in [1.29, 1.82) is 0 Å². The van der Waals surface area contributed by atoms with Crippen LogP contribution in [0.2, 0.25) is 0 Å². The van der Waals surface area contributed by atoms with Crippen molar-refractivity contribution in [3.63, 3.8) is 0 Å². The fourth-order valence-corrected chi connectivity index (χ4v) is 2.08. The summed E-state index contributed by atoms with van der Waals surface area (Å²) in [4.78, 5) is 11.9. The van der Waals surface area contributed by atoms with Crippen molar-refractivity contribution >= 4 is 16.9 Å². The average Bonchev–Trinajstić information content (AvgIpc) is 2.79. The third-order valence-corrected chi connectivity index (χ3v) is 3.57. The monoisotopic (exact) mass is 276 g/mol. The number of carbonyl (C=O) groups is 1. The summed E-state index contributed by atoms with van der Waals surface area (Å²) in [6.45, 7) is 5.89. The van der Waals surface area contributed by atoms with E-state index in [0.717, 1.165) is 16.5 Å². The van der Waals surface area contributed by atoms with Crippen molar-refractivity contribution in [2.24, 2.45) is 0 Å². The molecule has 108 valence electrons. The molecule has 20 heavy (non-hydrogen) atoms. The minimum absolute atomic E-state index is 0.0555. The van der Waals surface area contributed by atoms with Gasteiger partial charge in [-0.3, -0.25) is 4.79 Å². The first kappa shape index (κ1) is 14.5. The van der Waals surface area contributed by atoms with E-state index >= 15 is 0 Å². The molecule has 0 radical (unpaired) electrons. The molecule has 1 heterocycles. The quantitative estimate of drug-likeness (QED) is 0.874. The Morgan fingerprint density at radius 2 is 2.10 bits per heavy atom. The van der Waals surface area contributed by atoms with E-state index in [1.807, 2.05) is 32.9 Å². The van der Waals surface area contributed by atoms with E-state index in [4.69, 9.17) is 9.63 Å². The number of aliphatic hydroxyl groups is 1. The largest absolute Gasteiger partial charge is 0.394 e. The standard InChI is InChI=1S/C15H20N2O3/c1-4-11(8-18)16-15(19)7-13-12-5-9(2)10(3)6-14(12)20-17-13/h5-6,11,18H,4,7-8H2,1-3H3,(H,16,19). The number of hydrogen-bond donors (Lipinski definition) is 2. The normalized spacial score (nSPS) is 12.6. The van der Waals surface area contributed by atoms with E-state index in [-0.39, 0.29) is 25.0 Å². The van der Waals surface area contributed by atoms with Gasteiger partial charge in [0, 0.05) is 5.39 Å². The molecule has 0 fully saturated rings. The van der Waals surface area contributed by atoms with Crippen LogP contribution >= 0.6 is 0 Å². The first-order valence-corrected chi connectivity index (χ1v) is 6.80. The first-order chi connectivity index (χ1) is 9.55. The highest BCUT2D eigenvalue weighted by atomic mass is 16.5. The second-order valence-corrected chi connectivity index (χ2v) is 5.09. The average molecular weight is 276 g/mol. The number of hydrogen-bond acceptors (Lipinski definition) is 4. The number of nitrogens with zero attached hydrogens (tertiary/aromatic N) is 1. The molecule has 2 rings (SSSR count). The number of rotatable bonds is 5. The van der Waals surface area contributed by atoms with E-state index in [9.17, 15) is 4.79 Å². The summed E-state index contributed by atoms with van der Waals surface area (Å²) in [7, 11) is 0. The molecule has 0 aliphatic carbocycles. The zero-order valence-corrected chi connectivity index (χ0v) is 12.1. The molecule has 0 aliphatic rings. The van der Waals surface area contributed by atoms with E-state index < -0.39 is 0 Å². The van der Waals surface area contributed by atoms with Crippen LogP contribution in [0, 0.1) is 13.8 Å². The summed E-state index contributed by atoms with van der Waals surface area (Å²) < 4.78 is 5.26. The van der Waals surface area contributed by atoms with Crippen LogP contribution in [0.5, 0.6) is 0 Å². The van der Waals surface area contributed by atoms with Crippen LogP contribution in [0.1, 0.15) is 30.2 Å². The zero-order valence-electron chi connectivity index (χ0n) is 12.1. The summed E-state index contributed by atoms with van der Waals surface area (Å²) >= 11 is 0. The van der Waals surface area contributed by atoms with Crippen molar-refractivity contribution in [3.05, 3.63) is 29.0 Å². The summed E-state index contributed by atoms with van der Waals surface area (Å²) in [5.41, 5.74) is 3.61. The summed E-state index contributed by atoms with van der Waals surface area (Å²) in [5, 5.41) is 16.7. The van der Waals surface area contributed by atoms with Gasteiger partial charge in [0.25, 0.3) is 0 Å². The molecule has 0 spiro atoms. The summed E-state index contributed by atoms with van der Waals surface area (Å²) in [6, 6.07) is 3.72. The number of carbonyl (C=O) groups excluding carboxylic acids is 1. The van der Waals surface area contributed by atoms with Crippen LogP contribution in [-0.2, 0) is 11.2 Å². The SMILES string of the molecule is CCC(CO)NC(=O)Cc1noc2cc(C)c(C)cc12. The molecular formula is C15H20N2O3. The third kappa shape index (κ3) is 2.99. The minimum atomic E-state index is -0.204. The summed E-state index contributed by atoms with van der Waals surface area (Å²) in [5.74, 6) is -0.153. The van der Waals surface area contributed by atoms with Crippen molar-refractivity contribution in [2.45, 2.75) is 39.7 Å². The Balaban J connectivity index is 2.18. The molecule has 0 aliphatic heterocycles. The number of nitrogens with one attached hydrogen (secondary N) is 1. The molecule has 5 nitrogen and oxygen atoms in total. The van der Waals surface area contributed by atoms with Gasteiger partial charge in [-0.25, -0.2) is 0 Å². The highest BCUT2D eigenvalue weighted by Gasteiger charge is 2.15. The van der Waals surface area contributed by atoms with Crippen LogP contribution in [-0.4, -0.2) is 28.8 Å². The Morgan fingerprint density at radius 3 is 2.75 bits per heavy atom. The zero-order chi connectivity index (χ0) is 14.7. The molecule has 2 N–H and O–H groups in total. The van der Waals surface area contributed by atoms with Gasteiger partial charge in [0.05, 0.1) is 19.1 Å². The van der Waals surface area contributed by atoms with Crippen LogP contribution in [0.3, 0.4) is 0 Å². The first-order valence-electron chi connectivity index (χ1n) is 6.80. The number of benzene rings is 1. The highest BCUT2D eigenvalue weighted by molar-refractivity contribution is 5.87.